The molecule has 32 valence electrons. The Kier molecular flexibility index (Phi) is 2.36. The van der Waals surface area contributed by atoms with E-state index in [0.717, 1.165) is 6.08 Å². The monoisotopic (exact) mass is 102 g/mol. The van der Waals surface area contributed by atoms with Gasteiger partial charge in [-0.2, -0.15) is 0 Å². The predicted octanol–water partition coefficient (Wildman–Crippen LogP) is 0.187. The maximum Gasteiger partial charge on any atom is 0.242 e. The number of hydrogen-bond acceptors (Lipinski definition) is 2. The molecule has 0 aromatic carbocycles. The second-order valence-corrected chi connectivity index (χ2v) is 0.950. The summed E-state index contributed by atoms with van der Waals surface area (Å²) < 4.78 is 0. The van der Waals surface area contributed by atoms with E-state index in [0.29, 0.717) is 0 Å². The third kappa shape index (κ3) is 3.40. The molecule has 0 spiro atoms. The molecule has 0 atom stereocenters. The van der Waals surface area contributed by atoms with Gasteiger partial charge in [0.2, 0.25) is 6.08 Å². The van der Waals surface area contributed by atoms with Crippen molar-refractivity contribution in [2.75, 3.05) is 0 Å². The fourth-order valence-electron chi connectivity index (χ4n) is 0.0432. The molecule has 0 heterocycles. The molecule has 0 amide bonds. The molecule has 0 unspecified atom stereocenters. The van der Waals surface area contributed by atoms with Crippen molar-refractivity contribution in [3.8, 4) is 0 Å². The Hall–Kier alpha value is -0.600. The van der Waals surface area contributed by atoms with Crippen LogP contribution in [0.1, 0.15) is 0 Å². The van der Waals surface area contributed by atoms with Gasteiger partial charge in [0.25, 0.3) is 0 Å². The van der Waals surface area contributed by atoms with Crippen molar-refractivity contribution in [2.45, 2.75) is 0 Å². The van der Waals surface area contributed by atoms with Gasteiger partial charge >= 0.3 is 0 Å². The van der Waals surface area contributed by atoms with Gasteiger partial charge in [-0.25, -0.2) is 4.79 Å². The second-order valence-electron chi connectivity index (χ2n) is 0.527. The van der Waals surface area contributed by atoms with Crippen LogP contribution in [0.25, 0.3) is 0 Å². The maximum atomic E-state index is 9.13. The minimum absolute atomic E-state index is 0.315. The molecule has 0 rings (SSSR count). The summed E-state index contributed by atoms with van der Waals surface area (Å²) in [7, 11) is 0. The Balaban J connectivity index is 3.60. The van der Waals surface area contributed by atoms with Gasteiger partial charge in [-0.15, -0.1) is 17.6 Å². The van der Waals surface area contributed by atoms with E-state index < -0.39 is 0 Å². The summed E-state index contributed by atoms with van der Waals surface area (Å²) in [5, 5.41) is 6.01. The van der Waals surface area contributed by atoms with E-state index in [2.05, 4.69) is 17.6 Å². The molecular weight excluding hydrogens is 100 g/mol. The minimum atomic E-state index is -0.315. The van der Waals surface area contributed by atoms with Crippen LogP contribution in [0.15, 0.2) is 4.99 Å². The lowest BCUT2D eigenvalue weighted by Gasteiger charge is -1.66. The normalized spacial score (nSPS) is 6.17. The first kappa shape index (κ1) is 5.40. The second kappa shape index (κ2) is 2.63. The number of isocyanates is 1. The molecule has 0 saturated carbocycles. The van der Waals surface area contributed by atoms with Crippen molar-refractivity contribution in [1.29, 1.82) is 5.41 Å². The minimum Gasteiger partial charge on any atom is -0.277 e. The molecule has 0 fully saturated rings. The molecule has 0 aliphatic rings. The van der Waals surface area contributed by atoms with E-state index in [9.17, 15) is 0 Å². The first-order valence-corrected chi connectivity index (χ1v) is 1.57. The summed E-state index contributed by atoms with van der Waals surface area (Å²) in [5.74, 6) is 0. The van der Waals surface area contributed by atoms with Crippen molar-refractivity contribution < 1.29 is 4.79 Å². The fourth-order valence-corrected chi connectivity index (χ4v) is 0.0841. The highest BCUT2D eigenvalue weighted by Gasteiger charge is 1.70. The number of carbonyl (C=O) groups excluding carboxylic acids is 1. The highest BCUT2D eigenvalue weighted by atomic mass is 32.1. The van der Waals surface area contributed by atoms with Gasteiger partial charge in [-0.05, 0) is 0 Å². The number of hydrogen-bond donors (Lipinski definition) is 2. The number of nitrogens with one attached hydrogen (secondary N) is 1. The third-order valence-electron chi connectivity index (χ3n) is 0.152. The van der Waals surface area contributed by atoms with Crippen LogP contribution in [0.5, 0.6) is 0 Å². The summed E-state index contributed by atoms with van der Waals surface area (Å²) in [6.45, 7) is 0. The van der Waals surface area contributed by atoms with Gasteiger partial charge in [0.05, 0.1) is 0 Å². The van der Waals surface area contributed by atoms with Crippen molar-refractivity contribution in [3.63, 3.8) is 0 Å². The van der Waals surface area contributed by atoms with E-state index in [-0.39, 0.29) is 5.17 Å². The average molecular weight is 102 g/mol. The van der Waals surface area contributed by atoms with E-state index in [1.165, 1.54) is 0 Å². The number of amidine groups is 1. The van der Waals surface area contributed by atoms with Crippen LogP contribution in [-0.4, -0.2) is 11.2 Å². The highest BCUT2D eigenvalue weighted by molar-refractivity contribution is 7.96. The average Bonchev–Trinajstić information content (AvgIpc) is 1.35. The largest absolute Gasteiger partial charge is 0.277 e. The van der Waals surface area contributed by atoms with Gasteiger partial charge in [0.15, 0.2) is 5.17 Å². The summed E-state index contributed by atoms with van der Waals surface area (Å²) in [6, 6.07) is 0. The number of rotatable bonds is 0. The first-order chi connectivity index (χ1) is 2.77. The van der Waals surface area contributed by atoms with Gasteiger partial charge in [0, 0.05) is 0 Å². The molecule has 4 heteroatoms. The van der Waals surface area contributed by atoms with Gasteiger partial charge in [0.1, 0.15) is 0 Å². The van der Waals surface area contributed by atoms with Crippen LogP contribution < -0.4 is 0 Å². The van der Waals surface area contributed by atoms with Crippen LogP contribution >= 0.6 is 12.6 Å². The van der Waals surface area contributed by atoms with E-state index in [1.807, 2.05) is 0 Å². The molecule has 0 bridgehead atoms. The van der Waals surface area contributed by atoms with Crippen molar-refractivity contribution >= 4 is 23.9 Å². The molecule has 0 aromatic heterocycles. The number of aliphatic imine (C=N–C) groups is 1. The van der Waals surface area contributed by atoms with Crippen LogP contribution in [0.3, 0.4) is 0 Å². The molecule has 0 aromatic rings. The lowest BCUT2D eigenvalue weighted by atomic mass is 11.3. The zero-order chi connectivity index (χ0) is 4.99. The van der Waals surface area contributed by atoms with Crippen LogP contribution in [0.2, 0.25) is 0 Å². The molecule has 0 saturated heterocycles. The smallest absolute Gasteiger partial charge is 0.242 e. The van der Waals surface area contributed by atoms with Crippen molar-refractivity contribution in [3.05, 3.63) is 0 Å². The van der Waals surface area contributed by atoms with E-state index in [1.54, 1.807) is 0 Å². The fraction of sp³-hybridized carbons (Fsp3) is 0. The predicted molar refractivity (Wildman–Crippen MR) is 24.8 cm³/mol. The Bertz CT molecular complexity index is 104. The summed E-state index contributed by atoms with van der Waals surface area (Å²) in [5.41, 5.74) is 0. The van der Waals surface area contributed by atoms with Crippen LogP contribution in [0, 0.1) is 5.41 Å². The Labute approximate surface area is 40.0 Å². The summed E-state index contributed by atoms with van der Waals surface area (Å²) in [4.78, 5) is 11.9. The van der Waals surface area contributed by atoms with E-state index >= 15 is 0 Å². The standard InChI is InChI=1S/C2H2N2OS/c3-2(6)4-1-5/h(H2,3,6). The quantitative estimate of drug-likeness (QED) is 0.195. The molecule has 0 aliphatic carbocycles. The molecule has 0 radical (unpaired) electrons. The van der Waals surface area contributed by atoms with Gasteiger partial charge in [-0.3, -0.25) is 5.41 Å². The number of nitrogens with zero attached hydrogens (tertiary/aromatic N) is 1. The topological polar surface area (TPSA) is 53.3 Å². The molecule has 6 heavy (non-hydrogen) atoms. The van der Waals surface area contributed by atoms with Crippen molar-refractivity contribution in [1.82, 2.24) is 0 Å². The summed E-state index contributed by atoms with van der Waals surface area (Å²) in [6.07, 6.45) is 1.14. The molecule has 0 aliphatic heterocycles. The highest BCUT2D eigenvalue weighted by Crippen LogP contribution is 1.74. The lowest BCUT2D eigenvalue weighted by Crippen LogP contribution is -1.69. The first-order valence-electron chi connectivity index (χ1n) is 1.12. The third-order valence-corrected chi connectivity index (χ3v) is 0.252. The maximum absolute atomic E-state index is 9.13. The van der Waals surface area contributed by atoms with Gasteiger partial charge < -0.3 is 0 Å². The molecule has 3 nitrogen and oxygen atoms in total. The lowest BCUT2D eigenvalue weighted by molar-refractivity contribution is 0.566. The zero-order valence-electron chi connectivity index (χ0n) is 2.80. The van der Waals surface area contributed by atoms with Crippen molar-refractivity contribution in [2.24, 2.45) is 4.99 Å². The SMILES string of the molecule is N=C(S)N=C=O. The Morgan fingerprint density at radius 3 is 2.50 bits per heavy atom. The van der Waals surface area contributed by atoms with E-state index in [4.69, 9.17) is 10.2 Å². The molecular formula is C2H2N2OS. The Morgan fingerprint density at radius 2 is 2.50 bits per heavy atom. The number of thiol groups is 1. The molecule has 1 N–H and O–H groups in total. The Morgan fingerprint density at radius 1 is 2.00 bits per heavy atom. The van der Waals surface area contributed by atoms with Crippen LogP contribution in [0.4, 0.5) is 0 Å². The zero-order valence-corrected chi connectivity index (χ0v) is 3.70. The van der Waals surface area contributed by atoms with Crippen LogP contribution in [-0.2, 0) is 4.79 Å². The summed E-state index contributed by atoms with van der Waals surface area (Å²) >= 11 is 3.33. The van der Waals surface area contributed by atoms with Gasteiger partial charge in [-0.1, -0.05) is 0 Å².